The van der Waals surface area contributed by atoms with Crippen molar-refractivity contribution in [2.45, 2.75) is 31.8 Å². The quantitative estimate of drug-likeness (QED) is 0.721. The second kappa shape index (κ2) is 6.44. The standard InChI is InChI=1S/C13H23N5/c1-17-10-11-18(9-5-3-2-4-6-14)13(17)12-15-7-8-16-12/h7-8,10-11,13H,2-6,9,14H2,1H3,(H,15,16). The third kappa shape index (κ3) is 3.04. The first kappa shape index (κ1) is 13.0. The summed E-state index contributed by atoms with van der Waals surface area (Å²) >= 11 is 0. The van der Waals surface area contributed by atoms with Crippen molar-refractivity contribution >= 4 is 0 Å². The second-order valence-corrected chi connectivity index (χ2v) is 4.75. The zero-order valence-electron chi connectivity index (χ0n) is 11.0. The van der Waals surface area contributed by atoms with Crippen molar-refractivity contribution in [3.05, 3.63) is 30.6 Å². The molecule has 0 bridgehead atoms. The molecule has 0 fully saturated rings. The van der Waals surface area contributed by atoms with Crippen LogP contribution in [0.5, 0.6) is 0 Å². The summed E-state index contributed by atoms with van der Waals surface area (Å²) in [5.74, 6) is 1.00. The molecule has 1 aliphatic heterocycles. The highest BCUT2D eigenvalue weighted by Gasteiger charge is 2.26. The number of aromatic nitrogens is 2. The van der Waals surface area contributed by atoms with Gasteiger partial charge in [0.25, 0.3) is 0 Å². The highest BCUT2D eigenvalue weighted by molar-refractivity contribution is 5.05. The Kier molecular flexibility index (Phi) is 4.64. The van der Waals surface area contributed by atoms with Gasteiger partial charge in [0.15, 0.2) is 6.17 Å². The van der Waals surface area contributed by atoms with Crippen LogP contribution in [0, 0.1) is 0 Å². The molecule has 100 valence electrons. The number of hydrogen-bond acceptors (Lipinski definition) is 4. The van der Waals surface area contributed by atoms with Crippen LogP contribution >= 0.6 is 0 Å². The molecule has 1 aromatic heterocycles. The van der Waals surface area contributed by atoms with Crippen molar-refractivity contribution in [2.75, 3.05) is 20.1 Å². The Labute approximate surface area is 109 Å². The number of nitrogens with zero attached hydrogens (tertiary/aromatic N) is 3. The number of unbranched alkanes of at least 4 members (excludes halogenated alkanes) is 3. The Bertz CT molecular complexity index is 359. The number of aromatic amines is 1. The molecule has 1 aromatic rings. The van der Waals surface area contributed by atoms with Crippen LogP contribution in [0.3, 0.4) is 0 Å². The van der Waals surface area contributed by atoms with Gasteiger partial charge >= 0.3 is 0 Å². The molecule has 5 heteroatoms. The van der Waals surface area contributed by atoms with Crippen LogP contribution in [0.15, 0.2) is 24.8 Å². The van der Waals surface area contributed by atoms with Crippen molar-refractivity contribution in [1.82, 2.24) is 19.8 Å². The van der Waals surface area contributed by atoms with Crippen LogP contribution < -0.4 is 5.73 Å². The second-order valence-electron chi connectivity index (χ2n) is 4.75. The van der Waals surface area contributed by atoms with Gasteiger partial charge in [-0.15, -0.1) is 0 Å². The molecule has 0 saturated carbocycles. The summed E-state index contributed by atoms with van der Waals surface area (Å²) in [4.78, 5) is 12.1. The normalized spacial score (nSPS) is 18.9. The van der Waals surface area contributed by atoms with Gasteiger partial charge in [-0.05, 0) is 19.4 Å². The minimum atomic E-state index is 0.217. The fraction of sp³-hybridized carbons (Fsp3) is 0.615. The molecular weight excluding hydrogens is 226 g/mol. The lowest BCUT2D eigenvalue weighted by atomic mass is 10.2. The maximum Gasteiger partial charge on any atom is 0.160 e. The van der Waals surface area contributed by atoms with E-state index in [1.54, 1.807) is 6.20 Å². The lowest BCUT2D eigenvalue weighted by molar-refractivity contribution is 0.167. The molecule has 3 N–H and O–H groups in total. The third-order valence-electron chi connectivity index (χ3n) is 3.33. The Balaban J connectivity index is 1.82. The molecule has 0 saturated heterocycles. The number of hydrogen-bond donors (Lipinski definition) is 2. The number of H-pyrrole nitrogens is 1. The Morgan fingerprint density at radius 3 is 2.83 bits per heavy atom. The average molecular weight is 249 g/mol. The number of nitrogens with two attached hydrogens (primary N) is 1. The summed E-state index contributed by atoms with van der Waals surface area (Å²) in [6, 6.07) is 0. The van der Waals surface area contributed by atoms with E-state index in [1.165, 1.54) is 19.3 Å². The molecular formula is C13H23N5. The van der Waals surface area contributed by atoms with Crippen LogP contribution in [0.1, 0.15) is 37.7 Å². The molecule has 0 aromatic carbocycles. The van der Waals surface area contributed by atoms with Gasteiger partial charge in [0.1, 0.15) is 5.82 Å². The summed E-state index contributed by atoms with van der Waals surface area (Å²) in [6.07, 6.45) is 13.0. The van der Waals surface area contributed by atoms with E-state index in [0.29, 0.717) is 0 Å². The molecule has 5 nitrogen and oxygen atoms in total. The third-order valence-corrected chi connectivity index (χ3v) is 3.33. The molecule has 1 atom stereocenters. The molecule has 1 unspecified atom stereocenters. The number of imidazole rings is 1. The minimum Gasteiger partial charge on any atom is -0.353 e. The highest BCUT2D eigenvalue weighted by Crippen LogP contribution is 2.27. The Morgan fingerprint density at radius 2 is 2.11 bits per heavy atom. The van der Waals surface area contributed by atoms with E-state index in [9.17, 15) is 0 Å². The van der Waals surface area contributed by atoms with Gasteiger partial charge in [-0.1, -0.05) is 12.8 Å². The van der Waals surface area contributed by atoms with Gasteiger partial charge in [0.2, 0.25) is 0 Å². The maximum absolute atomic E-state index is 5.50. The van der Waals surface area contributed by atoms with Gasteiger partial charge in [0.05, 0.1) is 0 Å². The van der Waals surface area contributed by atoms with E-state index >= 15 is 0 Å². The number of nitrogens with one attached hydrogen (secondary N) is 1. The predicted molar refractivity (Wildman–Crippen MR) is 72.5 cm³/mol. The van der Waals surface area contributed by atoms with Gasteiger partial charge in [0, 0.05) is 38.4 Å². The lowest BCUT2D eigenvalue weighted by Gasteiger charge is -2.28. The van der Waals surface area contributed by atoms with Crippen LogP contribution in [0.2, 0.25) is 0 Å². The van der Waals surface area contributed by atoms with Crippen LogP contribution in [0.4, 0.5) is 0 Å². The summed E-state index contributed by atoms with van der Waals surface area (Å²) in [5.41, 5.74) is 5.50. The minimum absolute atomic E-state index is 0.217. The summed E-state index contributed by atoms with van der Waals surface area (Å²) in [5, 5.41) is 0. The first-order valence-corrected chi connectivity index (χ1v) is 6.68. The van der Waals surface area contributed by atoms with E-state index in [1.807, 2.05) is 6.20 Å². The summed E-state index contributed by atoms with van der Waals surface area (Å²) < 4.78 is 0. The molecule has 0 amide bonds. The molecule has 0 radical (unpaired) electrons. The zero-order chi connectivity index (χ0) is 12.8. The first-order chi connectivity index (χ1) is 8.83. The van der Waals surface area contributed by atoms with E-state index < -0.39 is 0 Å². The molecule has 2 rings (SSSR count). The van der Waals surface area contributed by atoms with Crippen molar-refractivity contribution in [3.8, 4) is 0 Å². The van der Waals surface area contributed by atoms with Crippen LogP contribution in [-0.4, -0.2) is 39.9 Å². The van der Waals surface area contributed by atoms with Crippen molar-refractivity contribution in [1.29, 1.82) is 0 Å². The molecule has 1 aliphatic rings. The predicted octanol–water partition coefficient (Wildman–Crippen LogP) is 1.65. The molecule has 2 heterocycles. The molecule has 18 heavy (non-hydrogen) atoms. The Hall–Kier alpha value is -1.49. The van der Waals surface area contributed by atoms with Gasteiger partial charge < -0.3 is 20.5 Å². The smallest absolute Gasteiger partial charge is 0.160 e. The van der Waals surface area contributed by atoms with Crippen LogP contribution in [0.25, 0.3) is 0 Å². The van der Waals surface area contributed by atoms with Gasteiger partial charge in [-0.3, -0.25) is 0 Å². The first-order valence-electron chi connectivity index (χ1n) is 6.68. The monoisotopic (exact) mass is 249 g/mol. The van der Waals surface area contributed by atoms with Crippen molar-refractivity contribution in [3.63, 3.8) is 0 Å². The molecule has 0 aliphatic carbocycles. The summed E-state index contributed by atoms with van der Waals surface area (Å²) in [7, 11) is 2.08. The molecule has 0 spiro atoms. The fourth-order valence-electron chi connectivity index (χ4n) is 2.35. The van der Waals surface area contributed by atoms with Crippen molar-refractivity contribution < 1.29 is 0 Å². The van der Waals surface area contributed by atoms with E-state index in [4.69, 9.17) is 5.73 Å². The fourth-order valence-corrected chi connectivity index (χ4v) is 2.35. The Morgan fingerprint density at radius 1 is 1.28 bits per heavy atom. The topological polar surface area (TPSA) is 61.2 Å². The van der Waals surface area contributed by atoms with E-state index in [-0.39, 0.29) is 6.17 Å². The highest BCUT2D eigenvalue weighted by atomic mass is 15.4. The maximum atomic E-state index is 5.50. The SMILES string of the molecule is CN1C=CN(CCCCCCN)C1c1ncc[nH]1. The van der Waals surface area contributed by atoms with E-state index in [2.05, 4.69) is 39.2 Å². The van der Waals surface area contributed by atoms with Gasteiger partial charge in [-0.2, -0.15) is 0 Å². The number of rotatable bonds is 7. The van der Waals surface area contributed by atoms with Gasteiger partial charge in [-0.25, -0.2) is 4.98 Å². The van der Waals surface area contributed by atoms with Crippen molar-refractivity contribution in [2.24, 2.45) is 5.73 Å². The lowest BCUT2D eigenvalue weighted by Crippen LogP contribution is -2.30. The summed E-state index contributed by atoms with van der Waals surface area (Å²) in [6.45, 7) is 1.87. The average Bonchev–Trinajstić information content (AvgIpc) is 2.98. The largest absolute Gasteiger partial charge is 0.353 e. The van der Waals surface area contributed by atoms with Crippen LogP contribution in [-0.2, 0) is 0 Å². The zero-order valence-corrected chi connectivity index (χ0v) is 11.0. The van der Waals surface area contributed by atoms with E-state index in [0.717, 1.165) is 25.3 Å².